The van der Waals surface area contributed by atoms with Gasteiger partial charge in [0.25, 0.3) is 0 Å². The third-order valence-electron chi connectivity index (χ3n) is 2.12. The van der Waals surface area contributed by atoms with E-state index in [0.29, 0.717) is 6.54 Å². The average molecular weight is 209 g/mol. The lowest BCUT2D eigenvalue weighted by Gasteiger charge is -2.10. The fourth-order valence-electron chi connectivity index (χ4n) is 1.33. The molecule has 0 aromatic heterocycles. The summed E-state index contributed by atoms with van der Waals surface area (Å²) in [6.45, 7) is 4.48. The van der Waals surface area contributed by atoms with Crippen LogP contribution in [-0.2, 0) is 4.79 Å². The number of anilines is 1. The molecule has 1 aromatic carbocycles. The van der Waals surface area contributed by atoms with E-state index in [-0.39, 0.29) is 5.12 Å². The van der Waals surface area contributed by atoms with E-state index in [1.807, 2.05) is 32.0 Å². The minimum atomic E-state index is 0.160. The minimum Gasteiger partial charge on any atom is -0.377 e. The standard InChI is InChI=1S/C11H15NOS/c1-8-5-4-6-9(2)11(8)12-7-10(13)14-3/h4-6,12H,7H2,1-3H3. The van der Waals surface area contributed by atoms with E-state index in [9.17, 15) is 4.79 Å². The quantitative estimate of drug-likeness (QED) is 0.829. The number of hydrogen-bond donors (Lipinski definition) is 1. The highest BCUT2D eigenvalue weighted by Gasteiger charge is 2.03. The summed E-state index contributed by atoms with van der Waals surface area (Å²) >= 11 is 1.25. The lowest BCUT2D eigenvalue weighted by molar-refractivity contribution is -0.109. The molecule has 1 rings (SSSR count). The second-order valence-electron chi connectivity index (χ2n) is 3.20. The molecule has 0 fully saturated rings. The Labute approximate surface area is 89.1 Å². The highest BCUT2D eigenvalue weighted by molar-refractivity contribution is 8.13. The van der Waals surface area contributed by atoms with Crippen LogP contribution in [0.15, 0.2) is 18.2 Å². The Hall–Kier alpha value is -0.960. The van der Waals surface area contributed by atoms with Crippen molar-refractivity contribution in [3.63, 3.8) is 0 Å². The fraction of sp³-hybridized carbons (Fsp3) is 0.364. The Morgan fingerprint density at radius 3 is 2.43 bits per heavy atom. The Balaban J connectivity index is 2.71. The van der Waals surface area contributed by atoms with Gasteiger partial charge in [0.1, 0.15) is 0 Å². The first-order chi connectivity index (χ1) is 6.65. The van der Waals surface area contributed by atoms with Crippen LogP contribution in [0.25, 0.3) is 0 Å². The SMILES string of the molecule is CSC(=O)CNc1c(C)cccc1C. The van der Waals surface area contributed by atoms with Gasteiger partial charge in [0.05, 0.1) is 6.54 Å². The number of carbonyl (C=O) groups excluding carboxylic acids is 1. The number of para-hydroxylation sites is 1. The first-order valence-corrected chi connectivity index (χ1v) is 5.74. The Kier molecular flexibility index (Phi) is 4.01. The Bertz CT molecular complexity index is 316. The van der Waals surface area contributed by atoms with Crippen molar-refractivity contribution in [2.45, 2.75) is 13.8 Å². The molecule has 3 heteroatoms. The highest BCUT2D eigenvalue weighted by Crippen LogP contribution is 2.19. The maximum absolute atomic E-state index is 11.1. The first kappa shape index (κ1) is 11.1. The van der Waals surface area contributed by atoms with E-state index in [0.717, 1.165) is 5.69 Å². The van der Waals surface area contributed by atoms with Crippen molar-refractivity contribution >= 4 is 22.6 Å². The predicted molar refractivity (Wildman–Crippen MR) is 62.9 cm³/mol. The monoisotopic (exact) mass is 209 g/mol. The van der Waals surface area contributed by atoms with Crippen LogP contribution in [0.5, 0.6) is 0 Å². The molecule has 1 N–H and O–H groups in total. The molecule has 2 nitrogen and oxygen atoms in total. The van der Waals surface area contributed by atoms with Gasteiger partial charge in [0.15, 0.2) is 0 Å². The van der Waals surface area contributed by atoms with Crippen molar-refractivity contribution in [1.29, 1.82) is 0 Å². The largest absolute Gasteiger partial charge is 0.377 e. The number of benzene rings is 1. The number of rotatable bonds is 3. The van der Waals surface area contributed by atoms with Crippen LogP contribution in [0, 0.1) is 13.8 Å². The Morgan fingerprint density at radius 1 is 1.36 bits per heavy atom. The smallest absolute Gasteiger partial charge is 0.207 e. The van der Waals surface area contributed by atoms with Gasteiger partial charge in [-0.05, 0) is 31.2 Å². The average Bonchev–Trinajstić information content (AvgIpc) is 2.16. The van der Waals surface area contributed by atoms with Crippen molar-refractivity contribution in [2.24, 2.45) is 0 Å². The molecule has 0 atom stereocenters. The molecule has 0 bridgehead atoms. The van der Waals surface area contributed by atoms with E-state index in [1.165, 1.54) is 22.9 Å². The van der Waals surface area contributed by atoms with Gasteiger partial charge in [-0.15, -0.1) is 0 Å². The maximum Gasteiger partial charge on any atom is 0.207 e. The molecular weight excluding hydrogens is 194 g/mol. The molecule has 0 unspecified atom stereocenters. The maximum atomic E-state index is 11.1. The molecule has 0 aliphatic heterocycles. The molecule has 0 saturated heterocycles. The predicted octanol–water partition coefficient (Wildman–Crippen LogP) is 2.60. The van der Waals surface area contributed by atoms with Gasteiger partial charge in [-0.2, -0.15) is 0 Å². The summed E-state index contributed by atoms with van der Waals surface area (Å²) in [4.78, 5) is 11.1. The van der Waals surface area contributed by atoms with E-state index in [1.54, 1.807) is 6.26 Å². The number of thioether (sulfide) groups is 1. The zero-order valence-corrected chi connectivity index (χ0v) is 9.57. The van der Waals surface area contributed by atoms with Crippen LogP contribution < -0.4 is 5.32 Å². The summed E-state index contributed by atoms with van der Waals surface area (Å²) < 4.78 is 0. The topological polar surface area (TPSA) is 29.1 Å². The highest BCUT2D eigenvalue weighted by atomic mass is 32.2. The lowest BCUT2D eigenvalue weighted by atomic mass is 10.1. The number of aryl methyl sites for hydroxylation is 2. The first-order valence-electron chi connectivity index (χ1n) is 4.52. The zero-order chi connectivity index (χ0) is 10.6. The molecule has 0 radical (unpaired) electrons. The molecule has 0 aliphatic rings. The summed E-state index contributed by atoms with van der Waals surface area (Å²) in [6.07, 6.45) is 1.80. The second-order valence-corrected chi connectivity index (χ2v) is 4.06. The molecule has 0 saturated carbocycles. The number of nitrogens with one attached hydrogen (secondary N) is 1. The van der Waals surface area contributed by atoms with Crippen LogP contribution >= 0.6 is 11.8 Å². The van der Waals surface area contributed by atoms with E-state index in [4.69, 9.17) is 0 Å². The molecule has 0 aliphatic carbocycles. The lowest BCUT2D eigenvalue weighted by Crippen LogP contribution is -2.11. The number of hydrogen-bond acceptors (Lipinski definition) is 3. The fourth-order valence-corrected chi connectivity index (χ4v) is 1.54. The van der Waals surface area contributed by atoms with Gasteiger partial charge in [-0.3, -0.25) is 4.79 Å². The molecule has 0 amide bonds. The minimum absolute atomic E-state index is 0.160. The van der Waals surface area contributed by atoms with Gasteiger partial charge in [-0.1, -0.05) is 30.0 Å². The molecule has 1 aromatic rings. The van der Waals surface area contributed by atoms with Gasteiger partial charge in [-0.25, -0.2) is 0 Å². The van der Waals surface area contributed by atoms with Crippen LogP contribution in [0.1, 0.15) is 11.1 Å². The van der Waals surface area contributed by atoms with Gasteiger partial charge < -0.3 is 5.32 Å². The summed E-state index contributed by atoms with van der Waals surface area (Å²) in [5.74, 6) is 0. The summed E-state index contributed by atoms with van der Waals surface area (Å²) in [5, 5.41) is 3.32. The third kappa shape index (κ3) is 2.77. The molecule has 0 heterocycles. The third-order valence-corrected chi connectivity index (χ3v) is 2.72. The summed E-state index contributed by atoms with van der Waals surface area (Å²) in [6, 6.07) is 6.10. The normalized spacial score (nSPS) is 9.93. The van der Waals surface area contributed by atoms with Crippen molar-refractivity contribution < 1.29 is 4.79 Å². The molecule has 76 valence electrons. The van der Waals surface area contributed by atoms with Crippen LogP contribution in [0.2, 0.25) is 0 Å². The van der Waals surface area contributed by atoms with Crippen LogP contribution in [-0.4, -0.2) is 17.9 Å². The van der Waals surface area contributed by atoms with Gasteiger partial charge in [0.2, 0.25) is 5.12 Å². The summed E-state index contributed by atoms with van der Waals surface area (Å²) in [5.41, 5.74) is 3.44. The van der Waals surface area contributed by atoms with Crippen LogP contribution in [0.4, 0.5) is 5.69 Å². The molecule has 14 heavy (non-hydrogen) atoms. The van der Waals surface area contributed by atoms with Crippen LogP contribution in [0.3, 0.4) is 0 Å². The van der Waals surface area contributed by atoms with Gasteiger partial charge >= 0.3 is 0 Å². The van der Waals surface area contributed by atoms with E-state index >= 15 is 0 Å². The zero-order valence-electron chi connectivity index (χ0n) is 8.76. The molecular formula is C11H15NOS. The summed E-state index contributed by atoms with van der Waals surface area (Å²) in [7, 11) is 0. The van der Waals surface area contributed by atoms with Crippen molar-refractivity contribution in [3.05, 3.63) is 29.3 Å². The van der Waals surface area contributed by atoms with Crippen molar-refractivity contribution in [2.75, 3.05) is 18.1 Å². The Morgan fingerprint density at radius 2 is 1.93 bits per heavy atom. The van der Waals surface area contributed by atoms with E-state index in [2.05, 4.69) is 5.32 Å². The van der Waals surface area contributed by atoms with Crippen molar-refractivity contribution in [3.8, 4) is 0 Å². The molecule has 0 spiro atoms. The van der Waals surface area contributed by atoms with E-state index < -0.39 is 0 Å². The van der Waals surface area contributed by atoms with Gasteiger partial charge in [0, 0.05) is 5.69 Å². The second kappa shape index (κ2) is 5.05. The van der Waals surface area contributed by atoms with Crippen molar-refractivity contribution in [1.82, 2.24) is 0 Å². The number of carbonyl (C=O) groups is 1.